The zero-order chi connectivity index (χ0) is 10.8. The van der Waals surface area contributed by atoms with Gasteiger partial charge >= 0.3 is 0 Å². The van der Waals surface area contributed by atoms with Crippen molar-refractivity contribution in [1.29, 1.82) is 0 Å². The number of aromatic hydroxyl groups is 1. The van der Waals surface area contributed by atoms with Crippen molar-refractivity contribution in [2.24, 2.45) is 0 Å². The first-order valence-corrected chi connectivity index (χ1v) is 5.07. The molecule has 1 fully saturated rings. The highest BCUT2D eigenvalue weighted by Gasteiger charge is 2.24. The van der Waals surface area contributed by atoms with Gasteiger partial charge in [0, 0.05) is 13.1 Å². The lowest BCUT2D eigenvalue weighted by molar-refractivity contribution is 0.0241. The second-order valence-electron chi connectivity index (χ2n) is 3.36. The molecule has 3 nitrogen and oxygen atoms in total. The average molecular weight is 232 g/mol. The molecule has 0 saturated carbocycles. The van der Waals surface area contributed by atoms with Gasteiger partial charge in [0.1, 0.15) is 17.7 Å². The molecule has 1 aliphatic rings. The van der Waals surface area contributed by atoms with Gasteiger partial charge in [-0.2, -0.15) is 0 Å². The SMILES string of the molecule is Oc1c(Cl)ccc(F)c1C1CNCCO1. The van der Waals surface area contributed by atoms with Gasteiger partial charge in [-0.25, -0.2) is 4.39 Å². The van der Waals surface area contributed by atoms with Crippen molar-refractivity contribution in [1.82, 2.24) is 5.32 Å². The molecule has 2 rings (SSSR count). The van der Waals surface area contributed by atoms with E-state index in [1.165, 1.54) is 12.1 Å². The standard InChI is InChI=1S/C10H11ClFNO2/c11-6-1-2-7(12)9(10(6)14)8-5-13-3-4-15-8/h1-2,8,13-14H,3-5H2. The number of nitrogens with one attached hydrogen (secondary N) is 1. The third kappa shape index (κ3) is 2.07. The summed E-state index contributed by atoms with van der Waals surface area (Å²) in [4.78, 5) is 0. The Kier molecular flexibility index (Phi) is 3.09. The van der Waals surface area contributed by atoms with Crippen molar-refractivity contribution in [2.45, 2.75) is 6.10 Å². The maximum Gasteiger partial charge on any atom is 0.142 e. The van der Waals surface area contributed by atoms with E-state index in [-0.39, 0.29) is 16.3 Å². The van der Waals surface area contributed by atoms with Gasteiger partial charge in [-0.1, -0.05) is 11.6 Å². The van der Waals surface area contributed by atoms with Gasteiger partial charge in [-0.3, -0.25) is 0 Å². The van der Waals surface area contributed by atoms with Gasteiger partial charge in [0.15, 0.2) is 0 Å². The van der Waals surface area contributed by atoms with E-state index in [0.717, 1.165) is 6.54 Å². The molecule has 5 heteroatoms. The van der Waals surface area contributed by atoms with Gasteiger partial charge in [0.25, 0.3) is 0 Å². The molecule has 0 amide bonds. The van der Waals surface area contributed by atoms with E-state index in [2.05, 4.69) is 5.32 Å². The predicted octanol–water partition coefficient (Wildman–Crippen LogP) is 1.85. The van der Waals surface area contributed by atoms with Gasteiger partial charge < -0.3 is 15.2 Å². The number of phenolic OH excluding ortho intramolecular Hbond substituents is 1. The maximum absolute atomic E-state index is 13.5. The van der Waals surface area contributed by atoms with E-state index < -0.39 is 11.9 Å². The van der Waals surface area contributed by atoms with Gasteiger partial charge in [0.2, 0.25) is 0 Å². The first kappa shape index (κ1) is 10.7. The highest BCUT2D eigenvalue weighted by molar-refractivity contribution is 6.32. The fraction of sp³-hybridized carbons (Fsp3) is 0.400. The minimum atomic E-state index is -0.495. The molecule has 0 spiro atoms. The molecule has 1 aromatic rings. The Morgan fingerprint density at radius 1 is 1.53 bits per heavy atom. The summed E-state index contributed by atoms with van der Waals surface area (Å²) in [6.07, 6.45) is -0.475. The maximum atomic E-state index is 13.5. The quantitative estimate of drug-likeness (QED) is 0.775. The molecule has 82 valence electrons. The summed E-state index contributed by atoms with van der Waals surface area (Å²) in [5.41, 5.74) is 0.134. The molecule has 1 unspecified atom stereocenters. The molecule has 15 heavy (non-hydrogen) atoms. The lowest BCUT2D eigenvalue weighted by atomic mass is 10.1. The fourth-order valence-electron chi connectivity index (χ4n) is 1.61. The molecule has 0 radical (unpaired) electrons. The zero-order valence-electron chi connectivity index (χ0n) is 7.96. The van der Waals surface area contributed by atoms with Crippen LogP contribution in [0.3, 0.4) is 0 Å². The van der Waals surface area contributed by atoms with Crippen LogP contribution in [0.15, 0.2) is 12.1 Å². The Morgan fingerprint density at radius 2 is 2.33 bits per heavy atom. The predicted molar refractivity (Wildman–Crippen MR) is 54.6 cm³/mol. The van der Waals surface area contributed by atoms with E-state index >= 15 is 0 Å². The van der Waals surface area contributed by atoms with Gasteiger partial charge in [-0.15, -0.1) is 0 Å². The second-order valence-corrected chi connectivity index (χ2v) is 3.76. The Hall–Kier alpha value is -0.840. The number of hydrogen-bond acceptors (Lipinski definition) is 3. The highest BCUT2D eigenvalue weighted by Crippen LogP contribution is 2.35. The van der Waals surface area contributed by atoms with Gasteiger partial charge in [0.05, 0.1) is 17.2 Å². The summed E-state index contributed by atoms with van der Waals surface area (Å²) < 4.78 is 18.8. The van der Waals surface area contributed by atoms with E-state index in [9.17, 15) is 9.50 Å². The summed E-state index contributed by atoms with van der Waals surface area (Å²) in [5.74, 6) is -0.726. The van der Waals surface area contributed by atoms with Crippen LogP contribution in [0, 0.1) is 5.82 Å². The highest BCUT2D eigenvalue weighted by atomic mass is 35.5. The molecule has 0 aromatic heterocycles. The van der Waals surface area contributed by atoms with Gasteiger partial charge in [-0.05, 0) is 12.1 Å². The zero-order valence-corrected chi connectivity index (χ0v) is 8.72. The molecule has 1 atom stereocenters. The van der Waals surface area contributed by atoms with Crippen LogP contribution in [0.2, 0.25) is 5.02 Å². The first-order chi connectivity index (χ1) is 7.20. The van der Waals surface area contributed by atoms with Crippen LogP contribution in [0.4, 0.5) is 4.39 Å². The molecule has 1 aromatic carbocycles. The smallest absolute Gasteiger partial charge is 0.142 e. The van der Waals surface area contributed by atoms with Crippen LogP contribution in [0.1, 0.15) is 11.7 Å². The summed E-state index contributed by atoms with van der Waals surface area (Å²) in [6.45, 7) is 1.71. The molecule has 0 bridgehead atoms. The van der Waals surface area contributed by atoms with Crippen molar-refractivity contribution >= 4 is 11.6 Å². The Labute approximate surface area is 91.8 Å². The number of phenols is 1. The summed E-state index contributed by atoms with van der Waals surface area (Å²) >= 11 is 5.71. The number of morpholine rings is 1. The summed E-state index contributed by atoms with van der Waals surface area (Å²) in [6, 6.07) is 2.56. The number of halogens is 2. The number of benzene rings is 1. The Bertz CT molecular complexity index is 367. The Morgan fingerprint density at radius 3 is 3.00 bits per heavy atom. The van der Waals surface area contributed by atoms with Crippen molar-refractivity contribution in [3.8, 4) is 5.75 Å². The van der Waals surface area contributed by atoms with Crippen LogP contribution in [0.5, 0.6) is 5.75 Å². The topological polar surface area (TPSA) is 41.5 Å². The van der Waals surface area contributed by atoms with Crippen LogP contribution >= 0.6 is 11.6 Å². The van der Waals surface area contributed by atoms with Crippen molar-refractivity contribution < 1.29 is 14.2 Å². The Balaban J connectivity index is 2.36. The van der Waals surface area contributed by atoms with Crippen molar-refractivity contribution in [3.05, 3.63) is 28.5 Å². The summed E-state index contributed by atoms with van der Waals surface area (Å²) in [7, 11) is 0. The van der Waals surface area contributed by atoms with Crippen LogP contribution < -0.4 is 5.32 Å². The monoisotopic (exact) mass is 231 g/mol. The van der Waals surface area contributed by atoms with Crippen molar-refractivity contribution in [3.63, 3.8) is 0 Å². The minimum Gasteiger partial charge on any atom is -0.506 e. The number of rotatable bonds is 1. The van der Waals surface area contributed by atoms with E-state index in [0.29, 0.717) is 13.2 Å². The van der Waals surface area contributed by atoms with E-state index in [1.807, 2.05) is 0 Å². The molecule has 2 N–H and O–H groups in total. The normalized spacial score (nSPS) is 21.6. The summed E-state index contributed by atoms with van der Waals surface area (Å²) in [5, 5.41) is 12.9. The lowest BCUT2D eigenvalue weighted by Crippen LogP contribution is -2.33. The van der Waals surface area contributed by atoms with Crippen molar-refractivity contribution in [2.75, 3.05) is 19.7 Å². The largest absolute Gasteiger partial charge is 0.506 e. The van der Waals surface area contributed by atoms with Crippen LogP contribution in [0.25, 0.3) is 0 Å². The molecule has 1 saturated heterocycles. The van der Waals surface area contributed by atoms with Crippen LogP contribution in [-0.4, -0.2) is 24.8 Å². The fourth-order valence-corrected chi connectivity index (χ4v) is 1.78. The second kappa shape index (κ2) is 4.35. The average Bonchev–Trinajstić information content (AvgIpc) is 2.26. The third-order valence-corrected chi connectivity index (χ3v) is 2.67. The van der Waals surface area contributed by atoms with E-state index in [4.69, 9.17) is 16.3 Å². The third-order valence-electron chi connectivity index (χ3n) is 2.36. The number of hydrogen-bond donors (Lipinski definition) is 2. The molecular weight excluding hydrogens is 221 g/mol. The number of ether oxygens (including phenoxy) is 1. The molecule has 1 aliphatic heterocycles. The molecule has 1 heterocycles. The van der Waals surface area contributed by atoms with E-state index in [1.54, 1.807) is 0 Å². The minimum absolute atomic E-state index is 0.134. The molecular formula is C10H11ClFNO2. The molecule has 0 aliphatic carbocycles. The van der Waals surface area contributed by atoms with Crippen LogP contribution in [-0.2, 0) is 4.74 Å². The first-order valence-electron chi connectivity index (χ1n) is 4.69. The lowest BCUT2D eigenvalue weighted by Gasteiger charge is -2.25.